The van der Waals surface area contributed by atoms with Crippen molar-refractivity contribution >= 4 is 11.3 Å². The summed E-state index contributed by atoms with van der Waals surface area (Å²) in [6.07, 6.45) is 1.04. The molecular weight excluding hydrogens is 256 g/mol. The summed E-state index contributed by atoms with van der Waals surface area (Å²) in [5.74, 6) is -1.20. The molecule has 1 heterocycles. The number of nitrogens with zero attached hydrogens (tertiary/aromatic N) is 2. The van der Waals surface area contributed by atoms with E-state index in [1.807, 2.05) is 0 Å². The first kappa shape index (κ1) is 13.0. The fourth-order valence-corrected chi connectivity index (χ4v) is 2.31. The van der Waals surface area contributed by atoms with E-state index in [9.17, 15) is 8.78 Å². The normalized spacial score (nSPS) is 10.8. The zero-order chi connectivity index (χ0) is 13.0. The molecule has 0 bridgehead atoms. The molecule has 0 atom stereocenters. The lowest BCUT2D eigenvalue weighted by Gasteiger charge is -1.98. The average molecular weight is 269 g/mol. The molecule has 0 fully saturated rings. The van der Waals surface area contributed by atoms with Crippen molar-refractivity contribution in [2.75, 3.05) is 6.54 Å². The van der Waals surface area contributed by atoms with Gasteiger partial charge in [-0.3, -0.25) is 0 Å². The van der Waals surface area contributed by atoms with Crippen molar-refractivity contribution in [1.82, 2.24) is 15.5 Å². The molecule has 0 saturated heterocycles. The lowest BCUT2D eigenvalue weighted by molar-refractivity contribution is 0.585. The van der Waals surface area contributed by atoms with Gasteiger partial charge in [0.2, 0.25) is 0 Å². The molecule has 0 aliphatic heterocycles. The van der Waals surface area contributed by atoms with E-state index in [0.717, 1.165) is 24.0 Å². The van der Waals surface area contributed by atoms with Gasteiger partial charge >= 0.3 is 0 Å². The van der Waals surface area contributed by atoms with E-state index >= 15 is 0 Å². The molecule has 96 valence electrons. The molecule has 1 aromatic carbocycles. The molecular formula is C12H13F2N3S. The first-order valence-corrected chi connectivity index (χ1v) is 6.51. The van der Waals surface area contributed by atoms with Crippen molar-refractivity contribution in [3.8, 4) is 10.6 Å². The number of nitrogens with one attached hydrogen (secondary N) is 1. The molecule has 0 saturated carbocycles. The van der Waals surface area contributed by atoms with E-state index in [1.165, 1.54) is 23.5 Å². The second-order valence-corrected chi connectivity index (χ2v) is 4.86. The third-order valence-corrected chi connectivity index (χ3v) is 3.29. The molecule has 0 aliphatic carbocycles. The topological polar surface area (TPSA) is 37.8 Å². The first-order chi connectivity index (χ1) is 8.70. The van der Waals surface area contributed by atoms with Crippen LogP contribution in [0.4, 0.5) is 8.78 Å². The van der Waals surface area contributed by atoms with Crippen molar-refractivity contribution in [2.45, 2.75) is 19.9 Å². The Balaban J connectivity index is 2.13. The number of hydrogen-bond acceptors (Lipinski definition) is 4. The number of hydrogen-bond donors (Lipinski definition) is 1. The number of benzene rings is 1. The Hall–Kier alpha value is -1.40. The van der Waals surface area contributed by atoms with E-state index < -0.39 is 11.6 Å². The van der Waals surface area contributed by atoms with Gasteiger partial charge in [-0.2, -0.15) is 0 Å². The predicted molar refractivity (Wildman–Crippen MR) is 67.3 cm³/mol. The summed E-state index contributed by atoms with van der Waals surface area (Å²) < 4.78 is 26.3. The maximum atomic E-state index is 13.5. The van der Waals surface area contributed by atoms with Gasteiger partial charge in [-0.05, 0) is 25.1 Å². The SMILES string of the molecule is CCCNCc1nnc(-c2ccc(F)cc2F)s1. The largest absolute Gasteiger partial charge is 0.310 e. The van der Waals surface area contributed by atoms with Gasteiger partial charge in [-0.15, -0.1) is 10.2 Å². The Morgan fingerprint density at radius 3 is 2.83 bits per heavy atom. The zero-order valence-electron chi connectivity index (χ0n) is 9.91. The van der Waals surface area contributed by atoms with E-state index in [4.69, 9.17) is 0 Å². The van der Waals surface area contributed by atoms with Crippen LogP contribution in [0, 0.1) is 11.6 Å². The Morgan fingerprint density at radius 2 is 2.11 bits per heavy atom. The molecule has 0 spiro atoms. The molecule has 3 nitrogen and oxygen atoms in total. The summed E-state index contributed by atoms with van der Waals surface area (Å²) in [4.78, 5) is 0. The summed E-state index contributed by atoms with van der Waals surface area (Å²) >= 11 is 1.31. The zero-order valence-corrected chi connectivity index (χ0v) is 10.7. The fraction of sp³-hybridized carbons (Fsp3) is 0.333. The van der Waals surface area contributed by atoms with Crippen LogP contribution in [0.5, 0.6) is 0 Å². The standard InChI is InChI=1S/C12H13F2N3S/c1-2-5-15-7-11-16-17-12(18-11)9-4-3-8(13)6-10(9)14/h3-4,6,15H,2,5,7H2,1H3. The summed E-state index contributed by atoms with van der Waals surface area (Å²) in [7, 11) is 0. The van der Waals surface area contributed by atoms with Crippen LogP contribution < -0.4 is 5.32 Å². The van der Waals surface area contributed by atoms with Crippen LogP contribution in [-0.2, 0) is 6.54 Å². The van der Waals surface area contributed by atoms with E-state index in [0.29, 0.717) is 11.6 Å². The van der Waals surface area contributed by atoms with Crippen LogP contribution in [0.3, 0.4) is 0 Å². The Labute approximate surface area is 108 Å². The fourth-order valence-electron chi connectivity index (χ4n) is 1.47. The maximum Gasteiger partial charge on any atom is 0.150 e. The van der Waals surface area contributed by atoms with Crippen LogP contribution in [0.1, 0.15) is 18.4 Å². The van der Waals surface area contributed by atoms with Crippen molar-refractivity contribution < 1.29 is 8.78 Å². The van der Waals surface area contributed by atoms with Gasteiger partial charge in [-0.25, -0.2) is 8.78 Å². The van der Waals surface area contributed by atoms with Crippen molar-refractivity contribution in [2.24, 2.45) is 0 Å². The minimum absolute atomic E-state index is 0.288. The third-order valence-electron chi connectivity index (χ3n) is 2.33. The van der Waals surface area contributed by atoms with Gasteiger partial charge in [0.1, 0.15) is 16.6 Å². The average Bonchev–Trinajstić information content (AvgIpc) is 2.78. The van der Waals surface area contributed by atoms with E-state index in [-0.39, 0.29) is 5.56 Å². The minimum atomic E-state index is -0.612. The first-order valence-electron chi connectivity index (χ1n) is 5.69. The monoisotopic (exact) mass is 269 g/mol. The van der Waals surface area contributed by atoms with Gasteiger partial charge in [0.25, 0.3) is 0 Å². The smallest absolute Gasteiger partial charge is 0.150 e. The predicted octanol–water partition coefficient (Wildman–Crippen LogP) is 2.98. The molecule has 0 aliphatic rings. The Morgan fingerprint density at radius 1 is 1.28 bits per heavy atom. The van der Waals surface area contributed by atoms with Gasteiger partial charge in [-0.1, -0.05) is 18.3 Å². The number of aromatic nitrogens is 2. The number of rotatable bonds is 5. The highest BCUT2D eigenvalue weighted by molar-refractivity contribution is 7.14. The highest BCUT2D eigenvalue weighted by Crippen LogP contribution is 2.26. The van der Waals surface area contributed by atoms with Crippen molar-refractivity contribution in [1.29, 1.82) is 0 Å². The van der Waals surface area contributed by atoms with Crippen LogP contribution in [0.25, 0.3) is 10.6 Å². The summed E-state index contributed by atoms with van der Waals surface area (Å²) in [5.41, 5.74) is 0.288. The van der Waals surface area contributed by atoms with Crippen LogP contribution in [0.2, 0.25) is 0 Å². The Kier molecular flexibility index (Phi) is 4.33. The third kappa shape index (κ3) is 3.08. The van der Waals surface area contributed by atoms with Gasteiger partial charge in [0.15, 0.2) is 5.01 Å². The molecule has 0 radical (unpaired) electrons. The molecule has 1 aromatic heterocycles. The minimum Gasteiger partial charge on any atom is -0.310 e. The van der Waals surface area contributed by atoms with Gasteiger partial charge in [0.05, 0.1) is 0 Å². The van der Waals surface area contributed by atoms with Crippen LogP contribution in [-0.4, -0.2) is 16.7 Å². The highest BCUT2D eigenvalue weighted by Gasteiger charge is 2.11. The molecule has 1 N–H and O–H groups in total. The second kappa shape index (κ2) is 5.97. The molecule has 0 unspecified atom stereocenters. The second-order valence-electron chi connectivity index (χ2n) is 3.80. The Bertz CT molecular complexity index is 528. The molecule has 6 heteroatoms. The molecule has 0 amide bonds. The summed E-state index contributed by atoms with van der Waals surface area (Å²) in [5, 5.41) is 12.4. The van der Waals surface area contributed by atoms with Gasteiger partial charge in [0, 0.05) is 18.2 Å². The quantitative estimate of drug-likeness (QED) is 0.848. The molecule has 2 aromatic rings. The van der Waals surface area contributed by atoms with E-state index in [2.05, 4.69) is 22.4 Å². The molecule has 2 rings (SSSR count). The van der Waals surface area contributed by atoms with Crippen molar-refractivity contribution in [3.05, 3.63) is 34.8 Å². The van der Waals surface area contributed by atoms with Gasteiger partial charge < -0.3 is 5.32 Å². The van der Waals surface area contributed by atoms with E-state index in [1.54, 1.807) is 0 Å². The van der Waals surface area contributed by atoms with Crippen molar-refractivity contribution in [3.63, 3.8) is 0 Å². The summed E-state index contributed by atoms with van der Waals surface area (Å²) in [6, 6.07) is 3.45. The van der Waals surface area contributed by atoms with Crippen LogP contribution in [0.15, 0.2) is 18.2 Å². The highest BCUT2D eigenvalue weighted by atomic mass is 32.1. The van der Waals surface area contributed by atoms with Crippen LogP contribution >= 0.6 is 11.3 Å². The number of halogens is 2. The summed E-state index contributed by atoms with van der Waals surface area (Å²) in [6.45, 7) is 3.60. The maximum absolute atomic E-state index is 13.5. The molecule has 18 heavy (non-hydrogen) atoms. The lowest BCUT2D eigenvalue weighted by atomic mass is 10.2. The lowest BCUT2D eigenvalue weighted by Crippen LogP contribution is -2.13.